The Morgan fingerprint density at radius 2 is 2.22 bits per heavy atom. The molecule has 18 heavy (non-hydrogen) atoms. The Kier molecular flexibility index (Phi) is 3.77. The van der Waals surface area contributed by atoms with Crippen LogP contribution in [0.4, 0.5) is 5.13 Å². The maximum atomic E-state index is 5.35. The zero-order chi connectivity index (χ0) is 12.4. The van der Waals surface area contributed by atoms with Crippen molar-refractivity contribution >= 4 is 16.7 Å². The van der Waals surface area contributed by atoms with Crippen molar-refractivity contribution in [1.82, 2.24) is 14.3 Å². The fraction of sp³-hybridized carbons (Fsp3) is 0.833. The van der Waals surface area contributed by atoms with Crippen LogP contribution in [0.5, 0.6) is 0 Å². The summed E-state index contributed by atoms with van der Waals surface area (Å²) in [6.45, 7) is 7.04. The largest absolute Gasteiger partial charge is 0.379 e. The second-order valence-electron chi connectivity index (χ2n) is 5.19. The third-order valence-electron chi connectivity index (χ3n) is 3.39. The molecule has 5 nitrogen and oxygen atoms in total. The van der Waals surface area contributed by atoms with Crippen molar-refractivity contribution in [3.05, 3.63) is 5.82 Å². The minimum absolute atomic E-state index is 0.406. The Morgan fingerprint density at radius 1 is 1.44 bits per heavy atom. The maximum absolute atomic E-state index is 5.35. The zero-order valence-electron chi connectivity index (χ0n) is 10.8. The van der Waals surface area contributed by atoms with Crippen LogP contribution in [0.2, 0.25) is 0 Å². The van der Waals surface area contributed by atoms with E-state index < -0.39 is 0 Å². The molecule has 1 aromatic heterocycles. The van der Waals surface area contributed by atoms with E-state index in [0.29, 0.717) is 12.0 Å². The first kappa shape index (κ1) is 12.3. The van der Waals surface area contributed by atoms with Crippen LogP contribution >= 0.6 is 11.5 Å². The lowest BCUT2D eigenvalue weighted by molar-refractivity contribution is 0.0368. The second-order valence-corrected chi connectivity index (χ2v) is 5.94. The van der Waals surface area contributed by atoms with Gasteiger partial charge in [0.05, 0.1) is 13.2 Å². The van der Waals surface area contributed by atoms with Crippen molar-refractivity contribution < 1.29 is 4.74 Å². The number of nitrogens with one attached hydrogen (secondary N) is 1. The van der Waals surface area contributed by atoms with Crippen LogP contribution in [-0.2, 0) is 4.74 Å². The monoisotopic (exact) mass is 268 g/mol. The third-order valence-corrected chi connectivity index (χ3v) is 4.05. The number of anilines is 1. The molecule has 0 bridgehead atoms. The van der Waals surface area contributed by atoms with Crippen molar-refractivity contribution in [3.63, 3.8) is 0 Å². The van der Waals surface area contributed by atoms with Crippen LogP contribution < -0.4 is 5.32 Å². The molecule has 2 heterocycles. The molecular weight excluding hydrogens is 248 g/mol. The number of ether oxygens (including phenoxy) is 1. The highest BCUT2D eigenvalue weighted by Gasteiger charge is 2.28. The normalized spacial score (nSPS) is 22.9. The van der Waals surface area contributed by atoms with E-state index >= 15 is 0 Å². The molecule has 1 saturated carbocycles. The third kappa shape index (κ3) is 3.18. The number of morpholine rings is 1. The molecule has 1 aliphatic carbocycles. The summed E-state index contributed by atoms with van der Waals surface area (Å²) in [7, 11) is 0. The van der Waals surface area contributed by atoms with Gasteiger partial charge in [-0.3, -0.25) is 4.90 Å². The van der Waals surface area contributed by atoms with Gasteiger partial charge in [-0.2, -0.15) is 4.37 Å². The fourth-order valence-corrected chi connectivity index (χ4v) is 2.99. The molecule has 0 amide bonds. The smallest absolute Gasteiger partial charge is 0.202 e. The standard InChI is InChI=1S/C12H20N4OS/c1-9(8-16-4-6-17-7-5-16)13-12-14-11(15-18-12)10-2-3-10/h9-10H,2-8H2,1H3,(H,13,14,15). The predicted molar refractivity (Wildman–Crippen MR) is 72.2 cm³/mol. The summed E-state index contributed by atoms with van der Waals surface area (Å²) in [5, 5.41) is 4.42. The predicted octanol–water partition coefficient (Wildman–Crippen LogP) is 1.55. The van der Waals surface area contributed by atoms with E-state index in [-0.39, 0.29) is 0 Å². The van der Waals surface area contributed by atoms with E-state index in [4.69, 9.17) is 4.74 Å². The Labute approximate surface area is 112 Å². The molecule has 1 N–H and O–H groups in total. The van der Waals surface area contributed by atoms with Crippen LogP contribution in [0.15, 0.2) is 0 Å². The number of nitrogens with zero attached hydrogens (tertiary/aromatic N) is 3. The number of hydrogen-bond donors (Lipinski definition) is 1. The van der Waals surface area contributed by atoms with E-state index in [9.17, 15) is 0 Å². The first-order valence-electron chi connectivity index (χ1n) is 6.71. The number of rotatable bonds is 5. The number of hydrogen-bond acceptors (Lipinski definition) is 6. The van der Waals surface area contributed by atoms with Gasteiger partial charge in [0.2, 0.25) is 5.13 Å². The van der Waals surface area contributed by atoms with Gasteiger partial charge in [0.15, 0.2) is 0 Å². The van der Waals surface area contributed by atoms with Crippen molar-refractivity contribution in [2.75, 3.05) is 38.2 Å². The summed E-state index contributed by atoms with van der Waals surface area (Å²) < 4.78 is 9.77. The highest BCUT2D eigenvalue weighted by Crippen LogP contribution is 2.39. The zero-order valence-corrected chi connectivity index (χ0v) is 11.6. The van der Waals surface area contributed by atoms with Gasteiger partial charge in [-0.05, 0) is 19.8 Å². The molecule has 3 rings (SSSR count). The lowest BCUT2D eigenvalue weighted by atomic mass is 10.3. The van der Waals surface area contributed by atoms with Crippen molar-refractivity contribution in [3.8, 4) is 0 Å². The molecule has 1 unspecified atom stereocenters. The quantitative estimate of drug-likeness (QED) is 0.878. The summed E-state index contributed by atoms with van der Waals surface area (Å²) in [6, 6.07) is 0.406. The van der Waals surface area contributed by atoms with Gasteiger partial charge in [-0.25, -0.2) is 4.98 Å². The average Bonchev–Trinajstić information content (AvgIpc) is 3.12. The highest BCUT2D eigenvalue weighted by molar-refractivity contribution is 7.09. The van der Waals surface area contributed by atoms with Gasteiger partial charge in [0, 0.05) is 43.1 Å². The first-order valence-corrected chi connectivity index (χ1v) is 7.49. The minimum atomic E-state index is 0.406. The molecule has 2 fully saturated rings. The second kappa shape index (κ2) is 5.50. The lowest BCUT2D eigenvalue weighted by Gasteiger charge is -2.29. The molecule has 0 aromatic carbocycles. The minimum Gasteiger partial charge on any atom is -0.379 e. The van der Waals surface area contributed by atoms with E-state index in [1.807, 2.05) is 0 Å². The van der Waals surface area contributed by atoms with Gasteiger partial charge < -0.3 is 10.1 Å². The van der Waals surface area contributed by atoms with E-state index in [2.05, 4.69) is 26.5 Å². The Bertz CT molecular complexity index is 387. The van der Waals surface area contributed by atoms with Crippen LogP contribution in [-0.4, -0.2) is 53.1 Å². The molecule has 2 aliphatic rings. The SMILES string of the molecule is CC(CN1CCOCC1)Nc1nc(C2CC2)ns1. The molecule has 1 saturated heterocycles. The van der Waals surface area contributed by atoms with Crippen LogP contribution in [0.3, 0.4) is 0 Å². The Balaban J connectivity index is 1.48. The molecule has 1 aromatic rings. The van der Waals surface area contributed by atoms with E-state index in [1.54, 1.807) is 0 Å². The number of aromatic nitrogens is 2. The first-order chi connectivity index (χ1) is 8.81. The lowest BCUT2D eigenvalue weighted by Crippen LogP contribution is -2.42. The van der Waals surface area contributed by atoms with Crippen LogP contribution in [0.1, 0.15) is 31.5 Å². The van der Waals surface area contributed by atoms with E-state index in [0.717, 1.165) is 43.8 Å². The van der Waals surface area contributed by atoms with Gasteiger partial charge in [0.25, 0.3) is 0 Å². The average molecular weight is 268 g/mol. The fourth-order valence-electron chi connectivity index (χ4n) is 2.23. The van der Waals surface area contributed by atoms with Crippen LogP contribution in [0.25, 0.3) is 0 Å². The summed E-state index contributed by atoms with van der Waals surface area (Å²) >= 11 is 1.49. The van der Waals surface area contributed by atoms with E-state index in [1.165, 1.54) is 24.4 Å². The molecule has 100 valence electrons. The van der Waals surface area contributed by atoms with Gasteiger partial charge in [-0.15, -0.1) is 0 Å². The summed E-state index contributed by atoms with van der Waals surface area (Å²) in [6.07, 6.45) is 2.53. The highest BCUT2D eigenvalue weighted by atomic mass is 32.1. The molecule has 0 radical (unpaired) electrons. The summed E-state index contributed by atoms with van der Waals surface area (Å²) in [5.41, 5.74) is 0. The topological polar surface area (TPSA) is 50.3 Å². The van der Waals surface area contributed by atoms with Crippen molar-refractivity contribution in [2.45, 2.75) is 31.7 Å². The van der Waals surface area contributed by atoms with Gasteiger partial charge in [-0.1, -0.05) is 0 Å². The molecular formula is C12H20N4OS. The van der Waals surface area contributed by atoms with Crippen LogP contribution in [0, 0.1) is 0 Å². The van der Waals surface area contributed by atoms with Crippen molar-refractivity contribution in [1.29, 1.82) is 0 Å². The molecule has 1 atom stereocenters. The van der Waals surface area contributed by atoms with Gasteiger partial charge in [0.1, 0.15) is 5.82 Å². The molecule has 0 spiro atoms. The summed E-state index contributed by atoms with van der Waals surface area (Å²) in [5.74, 6) is 1.69. The maximum Gasteiger partial charge on any atom is 0.202 e. The molecule has 6 heteroatoms. The summed E-state index contributed by atoms with van der Waals surface area (Å²) in [4.78, 5) is 6.99. The van der Waals surface area contributed by atoms with Crippen molar-refractivity contribution in [2.24, 2.45) is 0 Å². The molecule has 1 aliphatic heterocycles. The van der Waals surface area contributed by atoms with Gasteiger partial charge >= 0.3 is 0 Å². The Morgan fingerprint density at radius 3 is 2.94 bits per heavy atom. The Hall–Kier alpha value is -0.720.